The van der Waals surface area contributed by atoms with Gasteiger partial charge in [0.2, 0.25) is 0 Å². The largest absolute Gasteiger partial charge is 0.416 e. The van der Waals surface area contributed by atoms with Crippen LogP contribution in [0.5, 0.6) is 0 Å². The topological polar surface area (TPSA) is 53.4 Å². The zero-order valence-electron chi connectivity index (χ0n) is 52.1. The molecule has 456 valence electrons. The molecule has 0 unspecified atom stereocenters. The van der Waals surface area contributed by atoms with E-state index in [-0.39, 0.29) is 0 Å². The first kappa shape index (κ1) is 54.7. The Kier molecular flexibility index (Phi) is 11.5. The Morgan fingerprint density at radius 3 is 0.814 bits per heavy atom. The Bertz CT molecular complexity index is 6290. The van der Waals surface area contributed by atoms with Crippen molar-refractivity contribution in [1.29, 1.82) is 5.26 Å². The second-order valence-corrected chi connectivity index (χ2v) is 25.5. The van der Waals surface area contributed by atoms with Gasteiger partial charge >= 0.3 is 6.18 Å². The van der Waals surface area contributed by atoms with Gasteiger partial charge in [0, 0.05) is 92.9 Å². The lowest BCUT2D eigenvalue weighted by Crippen LogP contribution is -2.07. The molecule has 0 bridgehead atoms. The monoisotopic (exact) mass is 1250 g/mol. The molecule has 0 aliphatic carbocycles. The van der Waals surface area contributed by atoms with Crippen molar-refractivity contribution >= 4 is 131 Å². The standard InChI is InChI=1S/C87H52F3N7/c1-52-42-53(44-55(43-52)87(88,89)90)68-50-85(96-81-38-34-56(92-73-26-10-2-18-60(73)61-19-3-11-27-74(61)92)46-69(81)70-47-57(35-39-82(70)96)93-75-28-12-4-20-62(75)63-21-5-13-29-76(63)93)54(51-91)45-86(68)97-83-40-36-58(94-77-30-14-6-22-64(77)65-23-7-15-31-78(65)94)48-71(83)72-49-59(37-41-84(72)97)95-79-32-16-8-24-66(79)67-25-9-17-33-80(67)95/h2-50H,1H3. The van der Waals surface area contributed by atoms with Gasteiger partial charge in [0.15, 0.2) is 0 Å². The van der Waals surface area contributed by atoms with Crippen molar-refractivity contribution in [3.8, 4) is 51.3 Å². The molecule has 0 N–H and O–H groups in total. The number of aromatic nitrogens is 6. The molecule has 20 rings (SSSR count). The van der Waals surface area contributed by atoms with Crippen molar-refractivity contribution in [3.05, 3.63) is 314 Å². The highest BCUT2D eigenvalue weighted by Crippen LogP contribution is 2.47. The molecule has 0 radical (unpaired) electrons. The second-order valence-electron chi connectivity index (χ2n) is 25.5. The van der Waals surface area contributed by atoms with Gasteiger partial charge in [0.05, 0.1) is 88.7 Å². The van der Waals surface area contributed by atoms with E-state index in [1.165, 1.54) is 12.1 Å². The van der Waals surface area contributed by atoms with E-state index in [2.05, 4.69) is 300 Å². The number of benzene rings is 14. The molecule has 0 saturated carbocycles. The van der Waals surface area contributed by atoms with Crippen LogP contribution in [0.1, 0.15) is 16.7 Å². The highest BCUT2D eigenvalue weighted by Gasteiger charge is 2.32. The Morgan fingerprint density at radius 2 is 0.536 bits per heavy atom. The molecular formula is C87H52F3N7. The Hall–Kier alpha value is -12.8. The Balaban J connectivity index is 0.885. The summed E-state index contributed by atoms with van der Waals surface area (Å²) in [5.41, 5.74) is 17.5. The van der Waals surface area contributed by atoms with Crippen molar-refractivity contribution in [3.63, 3.8) is 0 Å². The van der Waals surface area contributed by atoms with Crippen LogP contribution >= 0.6 is 0 Å². The molecule has 0 spiro atoms. The molecule has 0 saturated heterocycles. The van der Waals surface area contributed by atoms with Crippen LogP contribution in [0.15, 0.2) is 297 Å². The van der Waals surface area contributed by atoms with Crippen molar-refractivity contribution in [2.24, 2.45) is 0 Å². The van der Waals surface area contributed by atoms with Crippen LogP contribution in [0.3, 0.4) is 0 Å². The number of nitrogens with zero attached hydrogens (tertiary/aromatic N) is 7. The zero-order valence-corrected chi connectivity index (χ0v) is 52.1. The Morgan fingerprint density at radius 1 is 0.268 bits per heavy atom. The third-order valence-corrected chi connectivity index (χ3v) is 20.2. The van der Waals surface area contributed by atoms with Crippen LogP contribution in [0.2, 0.25) is 0 Å². The normalized spacial score (nSPS) is 12.3. The smallest absolute Gasteiger partial charge is 0.309 e. The van der Waals surface area contributed by atoms with Gasteiger partial charge in [0.25, 0.3) is 0 Å². The zero-order chi connectivity index (χ0) is 64.5. The molecule has 0 aliphatic heterocycles. The first-order valence-corrected chi connectivity index (χ1v) is 32.5. The highest BCUT2D eigenvalue weighted by atomic mass is 19.4. The van der Waals surface area contributed by atoms with Crippen molar-refractivity contribution in [1.82, 2.24) is 27.4 Å². The Labute approximate surface area is 552 Å². The maximum absolute atomic E-state index is 15.5. The maximum Gasteiger partial charge on any atom is 0.416 e. The predicted molar refractivity (Wildman–Crippen MR) is 392 cm³/mol. The predicted octanol–water partition coefficient (Wildman–Crippen LogP) is 23.1. The van der Waals surface area contributed by atoms with Crippen molar-refractivity contribution in [2.75, 3.05) is 0 Å². The van der Waals surface area contributed by atoms with E-state index < -0.39 is 11.7 Å². The fourth-order valence-electron chi connectivity index (χ4n) is 16.2. The van der Waals surface area contributed by atoms with Gasteiger partial charge < -0.3 is 27.4 Å². The third kappa shape index (κ3) is 7.91. The molecule has 97 heavy (non-hydrogen) atoms. The van der Waals surface area contributed by atoms with Gasteiger partial charge in [-0.2, -0.15) is 18.4 Å². The number of fused-ring (bicyclic) bond motifs is 18. The van der Waals surface area contributed by atoms with Crippen LogP contribution in [-0.4, -0.2) is 27.4 Å². The van der Waals surface area contributed by atoms with Crippen LogP contribution in [0, 0.1) is 18.3 Å². The molecule has 7 nitrogen and oxygen atoms in total. The van der Waals surface area contributed by atoms with Gasteiger partial charge in [-0.15, -0.1) is 0 Å². The first-order valence-electron chi connectivity index (χ1n) is 32.5. The van der Waals surface area contributed by atoms with E-state index in [9.17, 15) is 5.26 Å². The fourth-order valence-corrected chi connectivity index (χ4v) is 16.2. The van der Waals surface area contributed by atoms with Crippen LogP contribution in [0.25, 0.3) is 176 Å². The minimum absolute atomic E-state index is 0.331. The third-order valence-electron chi connectivity index (χ3n) is 20.2. The molecule has 10 heteroatoms. The summed E-state index contributed by atoms with van der Waals surface area (Å²) in [6.07, 6.45) is -4.66. The summed E-state index contributed by atoms with van der Waals surface area (Å²) in [5.74, 6) is 0. The molecule has 14 aromatic carbocycles. The van der Waals surface area contributed by atoms with Gasteiger partial charge in [-0.3, -0.25) is 0 Å². The number of nitriles is 1. The number of hydrogen-bond donors (Lipinski definition) is 0. The molecule has 0 atom stereocenters. The number of para-hydroxylation sites is 8. The number of aryl methyl sites for hydroxylation is 1. The van der Waals surface area contributed by atoms with E-state index in [0.717, 1.165) is 154 Å². The molecule has 6 aromatic heterocycles. The summed E-state index contributed by atoms with van der Waals surface area (Å²) in [5, 5.41) is 24.8. The average Bonchev–Trinajstić information content (AvgIpc) is 1.59. The van der Waals surface area contributed by atoms with Gasteiger partial charge in [-0.05, 0) is 164 Å². The molecule has 0 amide bonds. The SMILES string of the molecule is Cc1cc(-c2cc(-n3c4ccc(-n5c6ccccc6c6ccccc65)cc4c4cc(-n5c6ccccc6c6ccccc65)ccc43)c(C#N)cc2-n2c3ccc(-n4c5ccccc5c5ccccc54)cc3c3cc(-n4c5ccccc5c5ccccc54)ccc32)cc(C(F)(F)F)c1. The lowest BCUT2D eigenvalue weighted by atomic mass is 9.96. The van der Waals surface area contributed by atoms with E-state index in [4.69, 9.17) is 0 Å². The maximum atomic E-state index is 15.5. The summed E-state index contributed by atoms with van der Waals surface area (Å²) < 4.78 is 60.0. The van der Waals surface area contributed by atoms with E-state index in [0.29, 0.717) is 33.6 Å². The van der Waals surface area contributed by atoms with Crippen LogP contribution in [-0.2, 0) is 6.18 Å². The summed E-state index contributed by atoms with van der Waals surface area (Å²) in [4.78, 5) is 0. The summed E-state index contributed by atoms with van der Waals surface area (Å²) in [6.45, 7) is 1.71. The number of alkyl halides is 3. The van der Waals surface area contributed by atoms with E-state index in [1.807, 2.05) is 18.2 Å². The van der Waals surface area contributed by atoms with Crippen molar-refractivity contribution in [2.45, 2.75) is 13.1 Å². The van der Waals surface area contributed by atoms with Gasteiger partial charge in [-0.25, -0.2) is 0 Å². The average molecular weight is 1250 g/mol. The first-order chi connectivity index (χ1) is 47.6. The minimum Gasteiger partial charge on any atom is -0.309 e. The number of rotatable bonds is 7. The number of hydrogen-bond acceptors (Lipinski definition) is 1. The van der Waals surface area contributed by atoms with Crippen LogP contribution < -0.4 is 0 Å². The quantitative estimate of drug-likeness (QED) is 0.157. The number of halogens is 3. The van der Waals surface area contributed by atoms with E-state index in [1.54, 1.807) is 6.92 Å². The van der Waals surface area contributed by atoms with Gasteiger partial charge in [-0.1, -0.05) is 152 Å². The molecule has 0 aliphatic rings. The van der Waals surface area contributed by atoms with Crippen molar-refractivity contribution < 1.29 is 13.2 Å². The lowest BCUT2D eigenvalue weighted by Gasteiger charge is -2.20. The minimum atomic E-state index is -4.66. The molecular weight excluding hydrogens is 1200 g/mol. The molecule has 20 aromatic rings. The second kappa shape index (κ2) is 20.3. The fraction of sp³-hybridized carbons (Fsp3) is 0.0230. The lowest BCUT2D eigenvalue weighted by molar-refractivity contribution is -0.137. The molecule has 0 fully saturated rings. The van der Waals surface area contributed by atoms with Gasteiger partial charge in [0.1, 0.15) is 6.07 Å². The van der Waals surface area contributed by atoms with Crippen LogP contribution in [0.4, 0.5) is 13.2 Å². The molecule has 6 heterocycles. The highest BCUT2D eigenvalue weighted by molar-refractivity contribution is 6.17. The summed E-state index contributed by atoms with van der Waals surface area (Å²) >= 11 is 0. The van der Waals surface area contributed by atoms with E-state index >= 15 is 13.2 Å². The summed E-state index contributed by atoms with van der Waals surface area (Å²) in [7, 11) is 0. The summed E-state index contributed by atoms with van der Waals surface area (Å²) in [6, 6.07) is 105.